The Morgan fingerprint density at radius 3 is 2.41 bits per heavy atom. The molecule has 0 spiro atoms. The number of nitrogens with one attached hydrogen (secondary N) is 3. The van der Waals surface area contributed by atoms with Crippen LogP contribution in [0.2, 0.25) is 0 Å². The first-order chi connectivity index (χ1) is 12.8. The summed E-state index contributed by atoms with van der Waals surface area (Å²) in [4.78, 5) is 23.8. The lowest BCUT2D eigenvalue weighted by atomic mass is 9.97. The Bertz CT molecular complexity index is 823. The molecule has 2 atom stereocenters. The summed E-state index contributed by atoms with van der Waals surface area (Å²) in [5, 5.41) is 8.42. The van der Waals surface area contributed by atoms with Crippen molar-refractivity contribution in [2.45, 2.75) is 46.1 Å². The molecule has 0 bridgehead atoms. The second-order valence-electron chi connectivity index (χ2n) is 6.63. The number of carbonyl (C=O) groups is 2. The molecule has 2 rings (SSSR count). The van der Waals surface area contributed by atoms with Crippen molar-refractivity contribution >= 4 is 28.9 Å². The molecule has 0 unspecified atom stereocenters. The monoisotopic (exact) mass is 371 g/mol. The van der Waals surface area contributed by atoms with Gasteiger partial charge in [0.2, 0.25) is 11.8 Å². The van der Waals surface area contributed by atoms with E-state index in [4.69, 9.17) is 0 Å². The minimum Gasteiger partial charge on any atom is -0.374 e. The molecule has 2 amide bonds. The number of amides is 2. The molecule has 0 fully saturated rings. The van der Waals surface area contributed by atoms with Crippen LogP contribution in [0, 0.1) is 5.82 Å². The van der Waals surface area contributed by atoms with Crippen LogP contribution >= 0.6 is 0 Å². The Labute approximate surface area is 159 Å². The van der Waals surface area contributed by atoms with Crippen molar-refractivity contribution in [1.82, 2.24) is 0 Å². The number of hydrogen-bond acceptors (Lipinski definition) is 3. The van der Waals surface area contributed by atoms with Gasteiger partial charge in [0.15, 0.2) is 0 Å². The van der Waals surface area contributed by atoms with Crippen LogP contribution in [0.25, 0.3) is 0 Å². The Hall–Kier alpha value is -2.89. The average Bonchev–Trinajstić information content (AvgIpc) is 2.63. The fraction of sp³-hybridized carbons (Fsp3) is 0.333. The van der Waals surface area contributed by atoms with E-state index in [-0.39, 0.29) is 17.5 Å². The highest BCUT2D eigenvalue weighted by molar-refractivity contribution is 5.97. The zero-order chi connectivity index (χ0) is 20.0. The summed E-state index contributed by atoms with van der Waals surface area (Å²) >= 11 is 0. The summed E-state index contributed by atoms with van der Waals surface area (Å²) in [7, 11) is 0. The topological polar surface area (TPSA) is 70.2 Å². The molecule has 0 radical (unpaired) electrons. The van der Waals surface area contributed by atoms with Gasteiger partial charge in [-0.05, 0) is 49.1 Å². The van der Waals surface area contributed by atoms with Gasteiger partial charge >= 0.3 is 0 Å². The molecule has 27 heavy (non-hydrogen) atoms. The fourth-order valence-electron chi connectivity index (χ4n) is 2.72. The maximum Gasteiger partial charge on any atom is 0.246 e. The second kappa shape index (κ2) is 9.16. The van der Waals surface area contributed by atoms with Crippen LogP contribution in [0.15, 0.2) is 42.5 Å². The lowest BCUT2D eigenvalue weighted by molar-refractivity contribution is -0.116. The molecule has 0 saturated heterocycles. The maximum atomic E-state index is 13.7. The molecule has 0 aromatic heterocycles. The minimum atomic E-state index is -0.550. The molecule has 0 aliphatic carbocycles. The van der Waals surface area contributed by atoms with Crippen molar-refractivity contribution in [3.8, 4) is 0 Å². The third-order valence-electron chi connectivity index (χ3n) is 4.42. The first kappa shape index (κ1) is 20.4. The highest BCUT2D eigenvalue weighted by atomic mass is 19.1. The van der Waals surface area contributed by atoms with Gasteiger partial charge in [0.05, 0.1) is 5.69 Å². The zero-order valence-corrected chi connectivity index (χ0v) is 16.1. The smallest absolute Gasteiger partial charge is 0.246 e. The van der Waals surface area contributed by atoms with Crippen molar-refractivity contribution < 1.29 is 14.0 Å². The van der Waals surface area contributed by atoms with Gasteiger partial charge in [-0.25, -0.2) is 4.39 Å². The number of hydrogen-bond donors (Lipinski definition) is 3. The van der Waals surface area contributed by atoms with E-state index < -0.39 is 11.9 Å². The summed E-state index contributed by atoms with van der Waals surface area (Å²) < 4.78 is 13.7. The lowest BCUT2D eigenvalue weighted by Crippen LogP contribution is -2.32. The molecule has 2 aromatic rings. The van der Waals surface area contributed by atoms with E-state index in [0.29, 0.717) is 11.6 Å². The lowest BCUT2D eigenvalue weighted by Gasteiger charge is -2.19. The minimum absolute atomic E-state index is 0.0715. The van der Waals surface area contributed by atoms with Crippen LogP contribution < -0.4 is 16.0 Å². The number of carbonyl (C=O) groups excluding carboxylic acids is 2. The normalized spacial score (nSPS) is 12.8. The van der Waals surface area contributed by atoms with Gasteiger partial charge in [-0.2, -0.15) is 0 Å². The van der Waals surface area contributed by atoms with Gasteiger partial charge in [-0.3, -0.25) is 9.59 Å². The standard InChI is InChI=1S/C21H26FN3O2/c1-5-13(2)17-8-6-7-9-19(17)25-21(27)14(3)23-16-10-11-18(22)20(12-16)24-15(4)26/h6-14,23H,5H2,1-4H3,(H,24,26)(H,25,27)/t13-,14+/m1/s1. The van der Waals surface area contributed by atoms with Crippen LogP contribution in [0.4, 0.5) is 21.5 Å². The van der Waals surface area contributed by atoms with Gasteiger partial charge in [0, 0.05) is 18.3 Å². The molecule has 0 aliphatic heterocycles. The van der Waals surface area contributed by atoms with Crippen LogP contribution in [-0.2, 0) is 9.59 Å². The van der Waals surface area contributed by atoms with Crippen molar-refractivity contribution in [3.05, 3.63) is 53.8 Å². The van der Waals surface area contributed by atoms with E-state index in [2.05, 4.69) is 29.8 Å². The Kier molecular flexibility index (Phi) is 6.93. The Morgan fingerprint density at radius 1 is 1.04 bits per heavy atom. The number of benzene rings is 2. The zero-order valence-electron chi connectivity index (χ0n) is 16.1. The van der Waals surface area contributed by atoms with E-state index in [9.17, 15) is 14.0 Å². The van der Waals surface area contributed by atoms with E-state index in [1.807, 2.05) is 24.3 Å². The summed E-state index contributed by atoms with van der Waals surface area (Å²) in [6, 6.07) is 11.4. The number of rotatable bonds is 7. The predicted molar refractivity (Wildman–Crippen MR) is 108 cm³/mol. The molecule has 144 valence electrons. The molecule has 6 heteroatoms. The van der Waals surface area contributed by atoms with Crippen molar-refractivity contribution in [2.75, 3.05) is 16.0 Å². The van der Waals surface area contributed by atoms with E-state index in [0.717, 1.165) is 17.7 Å². The van der Waals surface area contributed by atoms with Crippen LogP contribution in [-0.4, -0.2) is 17.9 Å². The SMILES string of the molecule is CC[C@@H](C)c1ccccc1NC(=O)[C@H](C)Nc1ccc(F)c(NC(C)=O)c1. The summed E-state index contributed by atoms with van der Waals surface area (Å²) in [6.45, 7) is 7.26. The first-order valence-corrected chi connectivity index (χ1v) is 9.05. The molecule has 0 saturated carbocycles. The highest BCUT2D eigenvalue weighted by Gasteiger charge is 2.16. The van der Waals surface area contributed by atoms with Gasteiger partial charge in [-0.15, -0.1) is 0 Å². The number of para-hydroxylation sites is 1. The largest absolute Gasteiger partial charge is 0.374 e. The quantitative estimate of drug-likeness (QED) is 0.658. The van der Waals surface area contributed by atoms with Gasteiger partial charge < -0.3 is 16.0 Å². The summed E-state index contributed by atoms with van der Waals surface area (Å²) in [5.41, 5.74) is 2.50. The molecular formula is C21H26FN3O2. The third-order valence-corrected chi connectivity index (χ3v) is 4.42. The van der Waals surface area contributed by atoms with Crippen molar-refractivity contribution in [3.63, 3.8) is 0 Å². The molecular weight excluding hydrogens is 345 g/mol. The Balaban J connectivity index is 2.10. The maximum absolute atomic E-state index is 13.7. The number of halogens is 1. The van der Waals surface area contributed by atoms with E-state index in [1.165, 1.54) is 25.1 Å². The van der Waals surface area contributed by atoms with Gasteiger partial charge in [-0.1, -0.05) is 32.0 Å². The summed E-state index contributed by atoms with van der Waals surface area (Å²) in [6.07, 6.45) is 0.974. The molecule has 0 aliphatic rings. The molecule has 3 N–H and O–H groups in total. The van der Waals surface area contributed by atoms with Gasteiger partial charge in [0.1, 0.15) is 11.9 Å². The van der Waals surface area contributed by atoms with E-state index in [1.54, 1.807) is 6.92 Å². The predicted octanol–water partition coefficient (Wildman–Crippen LogP) is 4.74. The Morgan fingerprint density at radius 2 is 1.74 bits per heavy atom. The first-order valence-electron chi connectivity index (χ1n) is 9.05. The van der Waals surface area contributed by atoms with Crippen molar-refractivity contribution in [1.29, 1.82) is 0 Å². The van der Waals surface area contributed by atoms with Crippen molar-refractivity contribution in [2.24, 2.45) is 0 Å². The number of anilines is 3. The summed E-state index contributed by atoms with van der Waals surface area (Å²) in [5.74, 6) is -0.757. The highest BCUT2D eigenvalue weighted by Crippen LogP contribution is 2.27. The second-order valence-corrected chi connectivity index (χ2v) is 6.63. The van der Waals surface area contributed by atoms with E-state index >= 15 is 0 Å². The molecule has 0 heterocycles. The fourth-order valence-corrected chi connectivity index (χ4v) is 2.72. The van der Waals surface area contributed by atoms with Crippen LogP contribution in [0.5, 0.6) is 0 Å². The average molecular weight is 371 g/mol. The third kappa shape index (κ3) is 5.54. The molecule has 5 nitrogen and oxygen atoms in total. The van der Waals surface area contributed by atoms with Crippen LogP contribution in [0.3, 0.4) is 0 Å². The van der Waals surface area contributed by atoms with Crippen LogP contribution in [0.1, 0.15) is 45.6 Å². The van der Waals surface area contributed by atoms with Gasteiger partial charge in [0.25, 0.3) is 0 Å². The molecule has 2 aromatic carbocycles.